The Labute approximate surface area is 209 Å². The van der Waals surface area contributed by atoms with E-state index in [0.717, 1.165) is 13.0 Å². The van der Waals surface area contributed by atoms with Crippen molar-refractivity contribution in [2.75, 3.05) is 20.6 Å². The Morgan fingerprint density at radius 2 is 1.43 bits per heavy atom. The summed E-state index contributed by atoms with van der Waals surface area (Å²) in [4.78, 5) is 25.4. The lowest BCUT2D eigenvalue weighted by atomic mass is 9.85. The molecule has 0 heterocycles. The largest absolute Gasteiger partial charge is 0.508 e. The average Bonchev–Trinajstić information content (AvgIpc) is 2.84. The molecule has 0 unspecified atom stereocenters. The van der Waals surface area contributed by atoms with Crippen LogP contribution >= 0.6 is 0 Å². The lowest BCUT2D eigenvalue weighted by molar-refractivity contribution is -0.138. The highest BCUT2D eigenvalue weighted by Gasteiger charge is 2.18. The van der Waals surface area contributed by atoms with E-state index < -0.39 is 11.9 Å². The zero-order chi connectivity index (χ0) is 26.0. The minimum absolute atomic E-state index is 0.0972. The maximum absolute atomic E-state index is 12.2. The molecule has 5 heteroatoms. The molecule has 3 rings (SSSR count). The van der Waals surface area contributed by atoms with Crippen LogP contribution in [0, 0.1) is 5.92 Å². The van der Waals surface area contributed by atoms with E-state index in [1.165, 1.54) is 5.56 Å². The normalized spacial score (nSPS) is 13.3. The van der Waals surface area contributed by atoms with Gasteiger partial charge in [0.05, 0.1) is 5.92 Å². The van der Waals surface area contributed by atoms with Gasteiger partial charge in [0, 0.05) is 17.7 Å². The van der Waals surface area contributed by atoms with Gasteiger partial charge in [-0.25, -0.2) is 0 Å². The van der Waals surface area contributed by atoms with E-state index in [1.807, 2.05) is 18.2 Å². The first kappa shape index (κ1) is 27.8. The third-order valence-corrected chi connectivity index (χ3v) is 6.13. The lowest BCUT2D eigenvalue weighted by Crippen LogP contribution is -2.24. The van der Waals surface area contributed by atoms with E-state index in [-0.39, 0.29) is 5.78 Å². The van der Waals surface area contributed by atoms with Crippen LogP contribution in [0.1, 0.15) is 66.1 Å². The van der Waals surface area contributed by atoms with Crippen molar-refractivity contribution in [3.63, 3.8) is 0 Å². The van der Waals surface area contributed by atoms with Gasteiger partial charge in [-0.15, -0.1) is 0 Å². The van der Waals surface area contributed by atoms with Crippen molar-refractivity contribution < 1.29 is 19.8 Å². The van der Waals surface area contributed by atoms with Crippen molar-refractivity contribution >= 4 is 11.8 Å². The number of carboxylic acids is 1. The zero-order valence-corrected chi connectivity index (χ0v) is 21.3. The topological polar surface area (TPSA) is 77.8 Å². The monoisotopic (exact) mass is 475 g/mol. The third kappa shape index (κ3) is 8.37. The fraction of sp³-hybridized carbons (Fsp3) is 0.333. The third-order valence-electron chi connectivity index (χ3n) is 6.13. The van der Waals surface area contributed by atoms with E-state index in [9.17, 15) is 14.7 Å². The molecular weight excluding hydrogens is 438 g/mol. The molecule has 3 aromatic carbocycles. The van der Waals surface area contributed by atoms with Crippen LogP contribution < -0.4 is 0 Å². The van der Waals surface area contributed by atoms with E-state index in [0.29, 0.717) is 34.3 Å². The van der Waals surface area contributed by atoms with Gasteiger partial charge in [-0.1, -0.05) is 74.5 Å². The predicted molar refractivity (Wildman–Crippen MR) is 141 cm³/mol. The number of carbonyl (C=O) groups is 2. The first-order valence-corrected chi connectivity index (χ1v) is 12.0. The summed E-state index contributed by atoms with van der Waals surface area (Å²) in [6.45, 7) is 7.17. The summed E-state index contributed by atoms with van der Waals surface area (Å²) in [6.07, 6.45) is 1.11. The smallest absolute Gasteiger partial charge is 0.310 e. The summed E-state index contributed by atoms with van der Waals surface area (Å²) in [6, 6.07) is 23.4. The molecule has 35 heavy (non-hydrogen) atoms. The fourth-order valence-corrected chi connectivity index (χ4v) is 4.27. The highest BCUT2D eigenvalue weighted by molar-refractivity contribution is 6.09. The quantitative estimate of drug-likeness (QED) is 0.361. The maximum atomic E-state index is 12.2. The van der Waals surface area contributed by atoms with E-state index in [1.54, 1.807) is 61.5 Å². The molecule has 0 aliphatic rings. The summed E-state index contributed by atoms with van der Waals surface area (Å²) in [5, 5.41) is 18.5. The van der Waals surface area contributed by atoms with Crippen molar-refractivity contribution in [1.82, 2.24) is 4.90 Å². The fourth-order valence-electron chi connectivity index (χ4n) is 4.27. The second-order valence-corrected chi connectivity index (χ2v) is 9.23. The van der Waals surface area contributed by atoms with Crippen LogP contribution in [0.2, 0.25) is 0 Å². The van der Waals surface area contributed by atoms with Gasteiger partial charge < -0.3 is 15.1 Å². The van der Waals surface area contributed by atoms with Gasteiger partial charge in [-0.3, -0.25) is 9.59 Å². The predicted octanol–water partition coefficient (Wildman–Crippen LogP) is 6.19. The number of carbonyl (C=O) groups excluding carboxylic acids is 1. The molecule has 186 valence electrons. The Kier molecular flexibility index (Phi) is 10.7. The molecular formula is C30H37NO4. The maximum Gasteiger partial charge on any atom is 0.310 e. The molecule has 0 spiro atoms. The molecule has 0 aromatic heterocycles. The van der Waals surface area contributed by atoms with Gasteiger partial charge in [-0.2, -0.15) is 0 Å². The van der Waals surface area contributed by atoms with Crippen molar-refractivity contribution in [3.8, 4) is 5.75 Å². The highest BCUT2D eigenvalue weighted by atomic mass is 16.4. The minimum atomic E-state index is -0.899. The second kappa shape index (κ2) is 13.4. The van der Waals surface area contributed by atoms with Crippen LogP contribution in [-0.4, -0.2) is 47.5 Å². The second-order valence-electron chi connectivity index (χ2n) is 9.23. The highest BCUT2D eigenvalue weighted by Crippen LogP contribution is 2.30. The number of phenolic OH excluding ortho intramolecular Hbond substituents is 1. The molecule has 0 radical (unpaired) electrons. The number of benzene rings is 3. The Balaban J connectivity index is 0.000000251. The van der Waals surface area contributed by atoms with Crippen LogP contribution in [0.15, 0.2) is 78.9 Å². The Morgan fingerprint density at radius 3 is 2.00 bits per heavy atom. The Hall–Kier alpha value is -3.44. The van der Waals surface area contributed by atoms with E-state index in [4.69, 9.17) is 5.11 Å². The molecule has 0 saturated carbocycles. The van der Waals surface area contributed by atoms with Crippen LogP contribution in [-0.2, 0) is 4.79 Å². The minimum Gasteiger partial charge on any atom is -0.508 e. The van der Waals surface area contributed by atoms with Gasteiger partial charge in [-0.05, 0) is 68.6 Å². The van der Waals surface area contributed by atoms with Crippen molar-refractivity contribution in [1.29, 1.82) is 0 Å². The van der Waals surface area contributed by atoms with Crippen molar-refractivity contribution in [2.24, 2.45) is 5.92 Å². The van der Waals surface area contributed by atoms with Gasteiger partial charge in [0.2, 0.25) is 0 Å². The Bertz CT molecular complexity index is 1090. The first-order chi connectivity index (χ1) is 16.6. The van der Waals surface area contributed by atoms with Crippen LogP contribution in [0.3, 0.4) is 0 Å². The van der Waals surface area contributed by atoms with E-state index in [2.05, 4.69) is 38.9 Å². The zero-order valence-electron chi connectivity index (χ0n) is 21.3. The molecule has 0 aliphatic heterocycles. The molecule has 3 aromatic rings. The number of phenols is 1. The summed E-state index contributed by atoms with van der Waals surface area (Å²) in [5.41, 5.74) is 2.99. The molecule has 3 atom stereocenters. The lowest BCUT2D eigenvalue weighted by Gasteiger charge is -2.26. The SMILES string of the molecule is CC[C@@H](c1cccc(O)c1)[C@@H](C)CN(C)C.C[C@@H](C(=O)O)c1cccc(C(=O)c2ccccc2)c1. The number of aliphatic carboxylic acids is 1. The molecule has 5 nitrogen and oxygen atoms in total. The summed E-state index contributed by atoms with van der Waals surface area (Å²) >= 11 is 0. The molecule has 2 N–H and O–H groups in total. The molecule has 0 saturated heterocycles. The van der Waals surface area contributed by atoms with Gasteiger partial charge in [0.1, 0.15) is 5.75 Å². The number of hydrogen-bond donors (Lipinski definition) is 2. The number of ketones is 1. The van der Waals surface area contributed by atoms with Crippen molar-refractivity contribution in [2.45, 2.75) is 39.0 Å². The number of carboxylic acid groups (broad SMARTS) is 1. The van der Waals surface area contributed by atoms with Gasteiger partial charge >= 0.3 is 5.97 Å². The average molecular weight is 476 g/mol. The van der Waals surface area contributed by atoms with Crippen LogP contribution in [0.5, 0.6) is 5.75 Å². The molecule has 0 amide bonds. The van der Waals surface area contributed by atoms with Gasteiger partial charge in [0.25, 0.3) is 0 Å². The van der Waals surface area contributed by atoms with Gasteiger partial charge in [0.15, 0.2) is 5.78 Å². The van der Waals surface area contributed by atoms with Crippen LogP contribution in [0.25, 0.3) is 0 Å². The standard InChI is InChI=1S/C16H14O3.C14H23NO/c1-11(16(18)19)13-8-5-9-14(10-13)15(17)12-6-3-2-4-7-12;1-5-14(11(2)10-15(3)4)12-7-6-8-13(16)9-12/h2-11H,1H3,(H,18,19);6-9,11,14,16H,5,10H2,1-4H3/t11-;11-,14+/m10/s1. The Morgan fingerprint density at radius 1 is 0.829 bits per heavy atom. The summed E-state index contributed by atoms with van der Waals surface area (Å²) in [7, 11) is 4.21. The molecule has 0 bridgehead atoms. The van der Waals surface area contributed by atoms with E-state index >= 15 is 0 Å². The number of nitrogens with zero attached hydrogens (tertiary/aromatic N) is 1. The number of aromatic hydroxyl groups is 1. The summed E-state index contributed by atoms with van der Waals surface area (Å²) < 4.78 is 0. The summed E-state index contributed by atoms with van der Waals surface area (Å²) in [5.74, 6) is -0.128. The first-order valence-electron chi connectivity index (χ1n) is 12.0. The number of hydrogen-bond acceptors (Lipinski definition) is 4. The molecule has 0 aliphatic carbocycles. The number of rotatable bonds is 9. The van der Waals surface area contributed by atoms with Crippen molar-refractivity contribution in [3.05, 3.63) is 101 Å². The molecule has 0 fully saturated rings. The van der Waals surface area contributed by atoms with Crippen LogP contribution in [0.4, 0.5) is 0 Å².